The zero-order chi connectivity index (χ0) is 9.84. The Balaban J connectivity index is 3.05. The summed E-state index contributed by atoms with van der Waals surface area (Å²) in [5.41, 5.74) is 1.48. The number of halogens is 1. The van der Waals surface area contributed by atoms with E-state index in [1.165, 1.54) is 0 Å². The van der Waals surface area contributed by atoms with Crippen molar-refractivity contribution < 1.29 is 4.79 Å². The van der Waals surface area contributed by atoms with Crippen LogP contribution in [0.15, 0.2) is 18.2 Å². The summed E-state index contributed by atoms with van der Waals surface area (Å²) in [6, 6.07) is 5.43. The third-order valence-electron chi connectivity index (χ3n) is 1.79. The van der Waals surface area contributed by atoms with Gasteiger partial charge in [0.2, 0.25) is 0 Å². The molecular weight excluding hydrogens is 186 g/mol. The number of amides is 1. The summed E-state index contributed by atoms with van der Waals surface area (Å²) in [5.74, 6) is -0.106. The van der Waals surface area contributed by atoms with Crippen LogP contribution in [0.5, 0.6) is 0 Å². The summed E-state index contributed by atoms with van der Waals surface area (Å²) < 4.78 is 0. The maximum Gasteiger partial charge on any atom is 0.253 e. The molecule has 1 aromatic rings. The molecule has 0 atom stereocenters. The van der Waals surface area contributed by atoms with E-state index in [0.717, 1.165) is 5.56 Å². The average molecular weight is 198 g/mol. The van der Waals surface area contributed by atoms with Crippen LogP contribution in [0.4, 0.5) is 0 Å². The molecule has 0 heterocycles. The van der Waals surface area contributed by atoms with Gasteiger partial charge in [0.1, 0.15) is 0 Å². The van der Waals surface area contributed by atoms with E-state index in [-0.39, 0.29) is 5.91 Å². The van der Waals surface area contributed by atoms with Gasteiger partial charge in [-0.15, -0.1) is 0 Å². The first-order valence-corrected chi connectivity index (χ1v) is 4.58. The van der Waals surface area contributed by atoms with Crippen molar-refractivity contribution in [3.05, 3.63) is 34.3 Å². The standard InChI is InChI=1S/C10H12ClNO/c1-3-12-10(13)9-7(2)5-4-6-8(9)11/h4-6H,3H2,1-2H3,(H,12,13). The monoisotopic (exact) mass is 197 g/mol. The van der Waals surface area contributed by atoms with Crippen LogP contribution in [0.25, 0.3) is 0 Å². The lowest BCUT2D eigenvalue weighted by Gasteiger charge is -2.07. The van der Waals surface area contributed by atoms with Crippen LogP contribution in [0.2, 0.25) is 5.02 Å². The molecule has 1 amide bonds. The third-order valence-corrected chi connectivity index (χ3v) is 2.10. The molecule has 3 heteroatoms. The van der Waals surface area contributed by atoms with E-state index in [1.54, 1.807) is 6.07 Å². The first-order chi connectivity index (χ1) is 6.16. The van der Waals surface area contributed by atoms with Crippen molar-refractivity contribution in [1.82, 2.24) is 5.32 Å². The Hall–Kier alpha value is -1.02. The fourth-order valence-corrected chi connectivity index (χ4v) is 1.48. The Labute approximate surface area is 82.9 Å². The molecule has 1 aromatic carbocycles. The summed E-state index contributed by atoms with van der Waals surface area (Å²) in [5, 5.41) is 3.23. The van der Waals surface area contributed by atoms with Gasteiger partial charge in [-0.2, -0.15) is 0 Å². The van der Waals surface area contributed by atoms with Crippen LogP contribution in [-0.2, 0) is 0 Å². The van der Waals surface area contributed by atoms with Crippen molar-refractivity contribution in [2.75, 3.05) is 6.54 Å². The molecule has 0 saturated heterocycles. The second-order valence-corrected chi connectivity index (χ2v) is 3.20. The number of rotatable bonds is 2. The van der Waals surface area contributed by atoms with Crippen LogP contribution in [0.1, 0.15) is 22.8 Å². The predicted octanol–water partition coefficient (Wildman–Crippen LogP) is 2.40. The van der Waals surface area contributed by atoms with Gasteiger partial charge in [-0.05, 0) is 25.5 Å². The Morgan fingerprint density at radius 3 is 2.77 bits per heavy atom. The number of carbonyl (C=O) groups excluding carboxylic acids is 1. The number of hydrogen-bond acceptors (Lipinski definition) is 1. The molecule has 0 spiro atoms. The Morgan fingerprint density at radius 1 is 1.54 bits per heavy atom. The summed E-state index contributed by atoms with van der Waals surface area (Å²) in [7, 11) is 0. The Bertz CT molecular complexity index is 302. The number of aryl methyl sites for hydroxylation is 1. The molecule has 70 valence electrons. The maximum absolute atomic E-state index is 11.5. The number of carbonyl (C=O) groups is 1. The van der Waals surface area contributed by atoms with Gasteiger partial charge in [-0.3, -0.25) is 4.79 Å². The molecule has 0 aliphatic carbocycles. The summed E-state index contributed by atoms with van der Waals surface area (Å²) in [6.07, 6.45) is 0. The average Bonchev–Trinajstić information content (AvgIpc) is 2.04. The SMILES string of the molecule is CCNC(=O)c1c(C)cccc1Cl. The number of nitrogens with one attached hydrogen (secondary N) is 1. The number of benzene rings is 1. The Morgan fingerprint density at radius 2 is 2.23 bits per heavy atom. The fraction of sp³-hybridized carbons (Fsp3) is 0.300. The van der Waals surface area contributed by atoms with Crippen molar-refractivity contribution >= 4 is 17.5 Å². The van der Waals surface area contributed by atoms with Crippen LogP contribution >= 0.6 is 11.6 Å². The highest BCUT2D eigenvalue weighted by atomic mass is 35.5. The number of hydrogen-bond donors (Lipinski definition) is 1. The second kappa shape index (κ2) is 4.28. The second-order valence-electron chi connectivity index (χ2n) is 2.79. The van der Waals surface area contributed by atoms with Gasteiger partial charge in [0.05, 0.1) is 10.6 Å². The zero-order valence-electron chi connectivity index (χ0n) is 7.73. The maximum atomic E-state index is 11.5. The van der Waals surface area contributed by atoms with E-state index in [4.69, 9.17) is 11.6 Å². The molecular formula is C10H12ClNO. The first kappa shape index (κ1) is 10.1. The van der Waals surface area contributed by atoms with E-state index in [0.29, 0.717) is 17.1 Å². The molecule has 0 fully saturated rings. The topological polar surface area (TPSA) is 29.1 Å². The minimum atomic E-state index is -0.106. The Kier molecular flexibility index (Phi) is 3.32. The molecule has 0 aromatic heterocycles. The quantitative estimate of drug-likeness (QED) is 0.775. The van der Waals surface area contributed by atoms with E-state index >= 15 is 0 Å². The lowest BCUT2D eigenvalue weighted by Crippen LogP contribution is -2.23. The van der Waals surface area contributed by atoms with Crippen molar-refractivity contribution in [2.45, 2.75) is 13.8 Å². The van der Waals surface area contributed by atoms with Crippen molar-refractivity contribution in [2.24, 2.45) is 0 Å². The molecule has 13 heavy (non-hydrogen) atoms. The first-order valence-electron chi connectivity index (χ1n) is 4.20. The van der Waals surface area contributed by atoms with Crippen LogP contribution in [0.3, 0.4) is 0 Å². The summed E-state index contributed by atoms with van der Waals surface area (Å²) in [4.78, 5) is 11.5. The normalized spacial score (nSPS) is 9.77. The van der Waals surface area contributed by atoms with Crippen molar-refractivity contribution in [1.29, 1.82) is 0 Å². The third kappa shape index (κ3) is 2.22. The minimum Gasteiger partial charge on any atom is -0.352 e. The smallest absolute Gasteiger partial charge is 0.253 e. The van der Waals surface area contributed by atoms with Crippen LogP contribution < -0.4 is 5.32 Å². The minimum absolute atomic E-state index is 0.106. The van der Waals surface area contributed by atoms with Crippen LogP contribution in [0, 0.1) is 6.92 Å². The molecule has 0 unspecified atom stereocenters. The van der Waals surface area contributed by atoms with E-state index < -0.39 is 0 Å². The summed E-state index contributed by atoms with van der Waals surface area (Å²) in [6.45, 7) is 4.37. The van der Waals surface area contributed by atoms with E-state index in [1.807, 2.05) is 26.0 Å². The molecule has 2 nitrogen and oxygen atoms in total. The van der Waals surface area contributed by atoms with Gasteiger partial charge >= 0.3 is 0 Å². The summed E-state index contributed by atoms with van der Waals surface area (Å²) >= 11 is 5.90. The van der Waals surface area contributed by atoms with E-state index in [9.17, 15) is 4.79 Å². The predicted molar refractivity (Wildman–Crippen MR) is 54.2 cm³/mol. The van der Waals surface area contributed by atoms with Gasteiger partial charge in [0.25, 0.3) is 5.91 Å². The van der Waals surface area contributed by atoms with Crippen LogP contribution in [-0.4, -0.2) is 12.5 Å². The molecule has 0 bridgehead atoms. The molecule has 0 aliphatic rings. The fourth-order valence-electron chi connectivity index (χ4n) is 1.17. The van der Waals surface area contributed by atoms with Crippen molar-refractivity contribution in [3.63, 3.8) is 0 Å². The lowest BCUT2D eigenvalue weighted by molar-refractivity contribution is 0.0955. The highest BCUT2D eigenvalue weighted by Gasteiger charge is 2.11. The lowest BCUT2D eigenvalue weighted by atomic mass is 10.1. The molecule has 0 radical (unpaired) electrons. The van der Waals surface area contributed by atoms with Gasteiger partial charge in [0, 0.05) is 6.54 Å². The molecule has 1 rings (SSSR count). The highest BCUT2D eigenvalue weighted by molar-refractivity contribution is 6.34. The van der Waals surface area contributed by atoms with Gasteiger partial charge < -0.3 is 5.32 Å². The largest absolute Gasteiger partial charge is 0.352 e. The van der Waals surface area contributed by atoms with Crippen molar-refractivity contribution in [3.8, 4) is 0 Å². The molecule has 0 aliphatic heterocycles. The molecule has 0 saturated carbocycles. The molecule has 1 N–H and O–H groups in total. The van der Waals surface area contributed by atoms with E-state index in [2.05, 4.69) is 5.32 Å². The van der Waals surface area contributed by atoms with Gasteiger partial charge in [-0.1, -0.05) is 23.7 Å². The highest BCUT2D eigenvalue weighted by Crippen LogP contribution is 2.18. The van der Waals surface area contributed by atoms with Gasteiger partial charge in [-0.25, -0.2) is 0 Å². The van der Waals surface area contributed by atoms with Gasteiger partial charge in [0.15, 0.2) is 0 Å². The zero-order valence-corrected chi connectivity index (χ0v) is 8.48.